The van der Waals surface area contributed by atoms with Gasteiger partial charge in [0.25, 0.3) is 0 Å². The number of ketones is 1. The number of benzene rings is 1. The zero-order valence-corrected chi connectivity index (χ0v) is 9.81. The summed E-state index contributed by atoms with van der Waals surface area (Å²) in [5.41, 5.74) is 3.46. The molecule has 0 bridgehead atoms. The third kappa shape index (κ3) is 1.68. The molecule has 1 aromatic heterocycles. The predicted molar refractivity (Wildman–Crippen MR) is 65.1 cm³/mol. The molecule has 1 aliphatic carbocycles. The Bertz CT molecular complexity index is 584. The maximum Gasteiger partial charge on any atom is 0.228 e. The van der Waals surface area contributed by atoms with Crippen LogP contribution in [0.5, 0.6) is 0 Å². The van der Waals surface area contributed by atoms with Gasteiger partial charge in [-0.25, -0.2) is 4.98 Å². The van der Waals surface area contributed by atoms with Crippen LogP contribution in [0.15, 0.2) is 30.6 Å². The van der Waals surface area contributed by atoms with Gasteiger partial charge in [-0.05, 0) is 36.5 Å². The van der Waals surface area contributed by atoms with E-state index in [1.54, 1.807) is 17.0 Å². The first-order valence-electron chi connectivity index (χ1n) is 5.89. The summed E-state index contributed by atoms with van der Waals surface area (Å²) in [5.74, 6) is 0.509. The molecule has 0 unspecified atom stereocenters. The fourth-order valence-corrected chi connectivity index (χ4v) is 2.43. The van der Waals surface area contributed by atoms with Crippen LogP contribution in [0.4, 0.5) is 0 Å². The summed E-state index contributed by atoms with van der Waals surface area (Å²) >= 11 is 0. The molecule has 1 heterocycles. The van der Waals surface area contributed by atoms with Crippen molar-refractivity contribution < 1.29 is 4.79 Å². The van der Waals surface area contributed by atoms with Crippen LogP contribution in [0.25, 0.3) is 0 Å². The van der Waals surface area contributed by atoms with E-state index in [2.05, 4.69) is 11.1 Å². The van der Waals surface area contributed by atoms with Crippen molar-refractivity contribution in [2.45, 2.75) is 19.3 Å². The third-order valence-corrected chi connectivity index (χ3v) is 3.38. The molecule has 0 atom stereocenters. The Balaban J connectivity index is 2.00. The van der Waals surface area contributed by atoms with Crippen LogP contribution in [-0.4, -0.2) is 15.3 Å². The lowest BCUT2D eigenvalue weighted by Crippen LogP contribution is -2.09. The van der Waals surface area contributed by atoms with Crippen molar-refractivity contribution in [1.29, 1.82) is 0 Å². The monoisotopic (exact) mass is 226 g/mol. The Labute approximate surface area is 100 Å². The van der Waals surface area contributed by atoms with Gasteiger partial charge in [0.1, 0.15) is 0 Å². The number of carbonyl (C=O) groups excluding carboxylic acids is 1. The third-order valence-electron chi connectivity index (χ3n) is 3.38. The van der Waals surface area contributed by atoms with Gasteiger partial charge in [-0.15, -0.1) is 0 Å². The predicted octanol–water partition coefficient (Wildman–Crippen LogP) is 2.14. The van der Waals surface area contributed by atoms with Gasteiger partial charge >= 0.3 is 0 Å². The van der Waals surface area contributed by atoms with Gasteiger partial charge in [-0.2, -0.15) is 0 Å². The second-order valence-corrected chi connectivity index (χ2v) is 4.53. The van der Waals surface area contributed by atoms with Gasteiger partial charge < -0.3 is 4.57 Å². The van der Waals surface area contributed by atoms with Gasteiger partial charge in [-0.3, -0.25) is 4.79 Å². The Morgan fingerprint density at radius 3 is 2.88 bits per heavy atom. The number of imidazole rings is 1. The van der Waals surface area contributed by atoms with E-state index in [1.165, 1.54) is 17.5 Å². The minimum atomic E-state index is 0.00667. The van der Waals surface area contributed by atoms with Gasteiger partial charge in [0, 0.05) is 25.0 Å². The quantitative estimate of drug-likeness (QED) is 0.735. The Hall–Kier alpha value is -1.90. The summed E-state index contributed by atoms with van der Waals surface area (Å²) in [6.45, 7) is 0. The van der Waals surface area contributed by atoms with Crippen molar-refractivity contribution in [3.63, 3.8) is 0 Å². The maximum atomic E-state index is 12.2. The Morgan fingerprint density at radius 1 is 1.29 bits per heavy atom. The molecule has 86 valence electrons. The van der Waals surface area contributed by atoms with Crippen LogP contribution < -0.4 is 0 Å². The second-order valence-electron chi connectivity index (χ2n) is 4.53. The molecular weight excluding hydrogens is 212 g/mol. The molecule has 3 rings (SSSR count). The lowest BCUT2D eigenvalue weighted by atomic mass is 10.0. The largest absolute Gasteiger partial charge is 0.331 e. The van der Waals surface area contributed by atoms with E-state index in [4.69, 9.17) is 0 Å². The van der Waals surface area contributed by atoms with E-state index in [0.29, 0.717) is 5.82 Å². The fourth-order valence-electron chi connectivity index (χ4n) is 2.43. The number of hydrogen-bond acceptors (Lipinski definition) is 2. The lowest BCUT2D eigenvalue weighted by molar-refractivity contribution is 0.102. The molecule has 17 heavy (non-hydrogen) atoms. The van der Waals surface area contributed by atoms with E-state index in [0.717, 1.165) is 18.4 Å². The summed E-state index contributed by atoms with van der Waals surface area (Å²) in [7, 11) is 1.84. The van der Waals surface area contributed by atoms with E-state index in [-0.39, 0.29) is 5.78 Å². The van der Waals surface area contributed by atoms with E-state index >= 15 is 0 Å². The van der Waals surface area contributed by atoms with Gasteiger partial charge in [0.05, 0.1) is 0 Å². The van der Waals surface area contributed by atoms with Crippen LogP contribution in [0, 0.1) is 0 Å². The number of nitrogens with zero attached hydrogens (tertiary/aromatic N) is 2. The molecule has 1 aliphatic rings. The van der Waals surface area contributed by atoms with Crippen molar-refractivity contribution in [2.75, 3.05) is 0 Å². The lowest BCUT2D eigenvalue weighted by Gasteiger charge is -2.04. The van der Waals surface area contributed by atoms with Crippen molar-refractivity contribution in [2.24, 2.45) is 7.05 Å². The normalized spacial score (nSPS) is 13.7. The van der Waals surface area contributed by atoms with Crippen molar-refractivity contribution >= 4 is 5.78 Å². The smallest absolute Gasteiger partial charge is 0.228 e. The first-order valence-corrected chi connectivity index (χ1v) is 5.89. The van der Waals surface area contributed by atoms with Gasteiger partial charge in [-0.1, -0.05) is 12.1 Å². The molecule has 0 aliphatic heterocycles. The molecule has 0 saturated heterocycles. The number of fused-ring (bicyclic) bond motifs is 1. The standard InChI is InChI=1S/C14H14N2O/c1-16-8-7-15-14(16)13(17)12-6-5-10-3-2-4-11(10)9-12/h5-9H,2-4H2,1H3. The number of carbonyl (C=O) groups is 1. The van der Waals surface area contributed by atoms with Gasteiger partial charge in [0.15, 0.2) is 5.82 Å². The SMILES string of the molecule is Cn1ccnc1C(=O)c1ccc2c(c1)CCC2. The topological polar surface area (TPSA) is 34.9 Å². The van der Waals surface area contributed by atoms with Crippen LogP contribution in [-0.2, 0) is 19.9 Å². The zero-order chi connectivity index (χ0) is 11.8. The molecule has 0 amide bonds. The summed E-state index contributed by atoms with van der Waals surface area (Å²) in [6, 6.07) is 6.03. The molecule has 0 saturated carbocycles. The average Bonchev–Trinajstić information content (AvgIpc) is 2.95. The first-order chi connectivity index (χ1) is 8.25. The van der Waals surface area contributed by atoms with Crippen LogP contribution in [0.3, 0.4) is 0 Å². The van der Waals surface area contributed by atoms with E-state index in [1.807, 2.05) is 19.2 Å². The molecule has 2 aromatic rings. The number of aryl methyl sites for hydroxylation is 3. The summed E-state index contributed by atoms with van der Waals surface area (Å²) in [5, 5.41) is 0. The second kappa shape index (κ2) is 3.84. The van der Waals surface area contributed by atoms with Crippen LogP contribution in [0.1, 0.15) is 33.7 Å². The average molecular weight is 226 g/mol. The van der Waals surface area contributed by atoms with Crippen LogP contribution in [0.2, 0.25) is 0 Å². The van der Waals surface area contributed by atoms with Gasteiger partial charge in [0.2, 0.25) is 5.78 Å². The molecule has 0 spiro atoms. The van der Waals surface area contributed by atoms with E-state index < -0.39 is 0 Å². The summed E-state index contributed by atoms with van der Waals surface area (Å²) in [6.07, 6.45) is 6.89. The summed E-state index contributed by atoms with van der Waals surface area (Å²) < 4.78 is 1.76. The molecule has 0 radical (unpaired) electrons. The highest BCUT2D eigenvalue weighted by Crippen LogP contribution is 2.23. The minimum absolute atomic E-state index is 0.00667. The highest BCUT2D eigenvalue weighted by atomic mass is 16.1. The van der Waals surface area contributed by atoms with Crippen molar-refractivity contribution in [3.05, 3.63) is 53.1 Å². The molecule has 0 N–H and O–H groups in total. The molecule has 0 fully saturated rings. The zero-order valence-electron chi connectivity index (χ0n) is 9.81. The van der Waals surface area contributed by atoms with Crippen molar-refractivity contribution in [3.8, 4) is 0 Å². The molecule has 3 nitrogen and oxygen atoms in total. The first kappa shape index (κ1) is 10.3. The Kier molecular flexibility index (Phi) is 2.32. The molecule has 1 aromatic carbocycles. The molecular formula is C14H14N2O. The highest BCUT2D eigenvalue weighted by molar-refractivity contribution is 6.06. The summed E-state index contributed by atoms with van der Waals surface area (Å²) in [4.78, 5) is 16.3. The minimum Gasteiger partial charge on any atom is -0.331 e. The Morgan fingerprint density at radius 2 is 2.12 bits per heavy atom. The molecule has 3 heteroatoms. The number of aromatic nitrogens is 2. The van der Waals surface area contributed by atoms with Crippen LogP contribution >= 0.6 is 0 Å². The number of rotatable bonds is 2. The van der Waals surface area contributed by atoms with Crippen molar-refractivity contribution in [1.82, 2.24) is 9.55 Å². The number of hydrogen-bond donors (Lipinski definition) is 0. The van der Waals surface area contributed by atoms with E-state index in [9.17, 15) is 4.79 Å². The fraction of sp³-hybridized carbons (Fsp3) is 0.286. The highest BCUT2D eigenvalue weighted by Gasteiger charge is 2.17. The maximum absolute atomic E-state index is 12.2.